The van der Waals surface area contributed by atoms with Crippen LogP contribution in [-0.4, -0.2) is 43.9 Å². The van der Waals surface area contributed by atoms with E-state index in [1.54, 1.807) is 24.3 Å². The SMILES string of the molecule is CCC1(C(=O)NCc2ccc(S(=O)(=O)N(C)C)cc2)CCC(O)CC1. The number of hydrogen-bond acceptors (Lipinski definition) is 4. The first kappa shape index (κ1) is 19.9. The molecule has 1 aliphatic carbocycles. The summed E-state index contributed by atoms with van der Waals surface area (Å²) in [5, 5.41) is 12.6. The number of rotatable bonds is 6. The van der Waals surface area contributed by atoms with E-state index in [9.17, 15) is 18.3 Å². The molecule has 1 aromatic rings. The molecular weight excluding hydrogens is 340 g/mol. The molecule has 6 nitrogen and oxygen atoms in total. The molecule has 1 fully saturated rings. The zero-order valence-electron chi connectivity index (χ0n) is 15.2. The van der Waals surface area contributed by atoms with Crippen LogP contribution in [0.1, 0.15) is 44.6 Å². The quantitative estimate of drug-likeness (QED) is 0.803. The van der Waals surface area contributed by atoms with Gasteiger partial charge in [0.2, 0.25) is 15.9 Å². The first-order valence-electron chi connectivity index (χ1n) is 8.69. The highest BCUT2D eigenvalue weighted by Crippen LogP contribution is 2.39. The fraction of sp³-hybridized carbons (Fsp3) is 0.611. The van der Waals surface area contributed by atoms with Crippen molar-refractivity contribution in [3.63, 3.8) is 0 Å². The maximum atomic E-state index is 12.7. The third kappa shape index (κ3) is 4.40. The largest absolute Gasteiger partial charge is 0.393 e. The molecule has 1 aromatic carbocycles. The smallest absolute Gasteiger partial charge is 0.242 e. The van der Waals surface area contributed by atoms with Crippen molar-refractivity contribution in [3.8, 4) is 0 Å². The van der Waals surface area contributed by atoms with Crippen molar-refractivity contribution in [1.82, 2.24) is 9.62 Å². The van der Waals surface area contributed by atoms with Gasteiger partial charge in [0.1, 0.15) is 0 Å². The lowest BCUT2D eigenvalue weighted by Gasteiger charge is -2.36. The lowest BCUT2D eigenvalue weighted by molar-refractivity contribution is -0.134. The summed E-state index contributed by atoms with van der Waals surface area (Å²) < 4.78 is 25.3. The monoisotopic (exact) mass is 368 g/mol. The van der Waals surface area contributed by atoms with E-state index >= 15 is 0 Å². The molecule has 1 saturated carbocycles. The van der Waals surface area contributed by atoms with Gasteiger partial charge in [-0.25, -0.2) is 12.7 Å². The van der Waals surface area contributed by atoms with Crippen LogP contribution in [0, 0.1) is 5.41 Å². The molecule has 1 amide bonds. The summed E-state index contributed by atoms with van der Waals surface area (Å²) in [6, 6.07) is 6.56. The molecule has 7 heteroatoms. The van der Waals surface area contributed by atoms with Gasteiger partial charge in [0, 0.05) is 26.1 Å². The Morgan fingerprint density at radius 3 is 2.28 bits per heavy atom. The number of hydrogen-bond donors (Lipinski definition) is 2. The van der Waals surface area contributed by atoms with Crippen molar-refractivity contribution in [1.29, 1.82) is 0 Å². The molecule has 2 rings (SSSR count). The maximum Gasteiger partial charge on any atom is 0.242 e. The zero-order chi connectivity index (χ0) is 18.7. The minimum absolute atomic E-state index is 0.0203. The Morgan fingerprint density at radius 2 is 1.80 bits per heavy atom. The van der Waals surface area contributed by atoms with E-state index in [0.717, 1.165) is 12.0 Å². The molecule has 0 radical (unpaired) electrons. The number of aliphatic hydroxyl groups excluding tert-OH is 1. The highest BCUT2D eigenvalue weighted by molar-refractivity contribution is 7.89. The second-order valence-corrected chi connectivity index (χ2v) is 9.13. The number of carbonyl (C=O) groups excluding carboxylic acids is 1. The number of amides is 1. The van der Waals surface area contributed by atoms with Crippen molar-refractivity contribution in [2.75, 3.05) is 14.1 Å². The van der Waals surface area contributed by atoms with Gasteiger partial charge < -0.3 is 10.4 Å². The van der Waals surface area contributed by atoms with Crippen LogP contribution >= 0.6 is 0 Å². The van der Waals surface area contributed by atoms with Crippen molar-refractivity contribution >= 4 is 15.9 Å². The number of benzene rings is 1. The molecule has 0 bridgehead atoms. The highest BCUT2D eigenvalue weighted by Gasteiger charge is 2.39. The van der Waals surface area contributed by atoms with E-state index < -0.39 is 15.4 Å². The van der Waals surface area contributed by atoms with Crippen LogP contribution in [0.4, 0.5) is 0 Å². The van der Waals surface area contributed by atoms with Crippen LogP contribution in [0.2, 0.25) is 0 Å². The van der Waals surface area contributed by atoms with E-state index in [-0.39, 0.29) is 16.9 Å². The second kappa shape index (κ2) is 7.85. The summed E-state index contributed by atoms with van der Waals surface area (Å²) in [7, 11) is -0.449. The van der Waals surface area contributed by atoms with E-state index in [0.29, 0.717) is 32.2 Å². The van der Waals surface area contributed by atoms with Gasteiger partial charge in [-0.2, -0.15) is 0 Å². The maximum absolute atomic E-state index is 12.7. The Labute approximate surface area is 150 Å². The minimum atomic E-state index is -3.44. The lowest BCUT2D eigenvalue weighted by Crippen LogP contribution is -2.43. The number of nitrogens with one attached hydrogen (secondary N) is 1. The summed E-state index contributed by atoms with van der Waals surface area (Å²) in [5.74, 6) is 0.0203. The van der Waals surface area contributed by atoms with E-state index in [4.69, 9.17) is 0 Å². The lowest BCUT2D eigenvalue weighted by atomic mass is 9.70. The summed E-state index contributed by atoms with van der Waals surface area (Å²) in [6.45, 7) is 2.38. The molecule has 0 saturated heterocycles. The Bertz CT molecular complexity index is 690. The predicted molar refractivity (Wildman–Crippen MR) is 96.4 cm³/mol. The van der Waals surface area contributed by atoms with Crippen LogP contribution in [-0.2, 0) is 21.4 Å². The van der Waals surface area contributed by atoms with Gasteiger partial charge in [0.05, 0.1) is 11.0 Å². The van der Waals surface area contributed by atoms with Crippen molar-refractivity contribution in [2.24, 2.45) is 5.41 Å². The van der Waals surface area contributed by atoms with Crippen LogP contribution in [0.3, 0.4) is 0 Å². The first-order chi connectivity index (χ1) is 11.7. The Hall–Kier alpha value is -1.44. The third-order valence-corrected chi connectivity index (χ3v) is 7.05. The van der Waals surface area contributed by atoms with Crippen molar-refractivity contribution < 1.29 is 18.3 Å². The summed E-state index contributed by atoms with van der Waals surface area (Å²) in [5.41, 5.74) is 0.459. The summed E-state index contributed by atoms with van der Waals surface area (Å²) in [6.07, 6.45) is 3.20. The summed E-state index contributed by atoms with van der Waals surface area (Å²) in [4.78, 5) is 12.9. The third-order valence-electron chi connectivity index (χ3n) is 5.23. The molecule has 140 valence electrons. The van der Waals surface area contributed by atoms with E-state index in [2.05, 4.69) is 5.32 Å². The molecule has 0 heterocycles. The topological polar surface area (TPSA) is 86.7 Å². The Morgan fingerprint density at radius 1 is 1.24 bits per heavy atom. The Kier molecular flexibility index (Phi) is 6.24. The van der Waals surface area contributed by atoms with Gasteiger partial charge in [0.15, 0.2) is 0 Å². The fourth-order valence-corrected chi connectivity index (χ4v) is 4.16. The highest BCUT2D eigenvalue weighted by atomic mass is 32.2. The molecule has 0 unspecified atom stereocenters. The molecule has 0 spiro atoms. The molecule has 0 aliphatic heterocycles. The Balaban J connectivity index is 2.00. The summed E-state index contributed by atoms with van der Waals surface area (Å²) >= 11 is 0. The van der Waals surface area contributed by atoms with Crippen LogP contribution in [0.5, 0.6) is 0 Å². The van der Waals surface area contributed by atoms with Crippen LogP contribution < -0.4 is 5.32 Å². The van der Waals surface area contributed by atoms with Crippen LogP contribution in [0.25, 0.3) is 0 Å². The molecular formula is C18H28N2O4S. The van der Waals surface area contributed by atoms with Gasteiger partial charge >= 0.3 is 0 Å². The van der Waals surface area contributed by atoms with Crippen molar-refractivity contribution in [3.05, 3.63) is 29.8 Å². The second-order valence-electron chi connectivity index (χ2n) is 6.98. The molecule has 1 aliphatic rings. The predicted octanol–water partition coefficient (Wildman–Crippen LogP) is 1.88. The number of carbonyl (C=O) groups is 1. The standard InChI is InChI=1S/C18H28N2O4S/c1-4-18(11-9-15(21)10-12-18)17(22)19-13-14-5-7-16(8-6-14)25(23,24)20(2)3/h5-8,15,21H,4,9-13H2,1-3H3,(H,19,22). The van der Waals surface area contributed by atoms with Gasteiger partial charge in [0.25, 0.3) is 0 Å². The minimum Gasteiger partial charge on any atom is -0.393 e. The van der Waals surface area contributed by atoms with Gasteiger partial charge in [-0.1, -0.05) is 19.1 Å². The molecule has 0 aromatic heterocycles. The average molecular weight is 368 g/mol. The van der Waals surface area contributed by atoms with Gasteiger partial charge in [-0.05, 0) is 49.8 Å². The van der Waals surface area contributed by atoms with E-state index in [1.165, 1.54) is 18.4 Å². The molecule has 0 atom stereocenters. The first-order valence-corrected chi connectivity index (χ1v) is 10.1. The molecule has 2 N–H and O–H groups in total. The normalized spacial score (nSPS) is 24.3. The number of sulfonamides is 1. The number of aliphatic hydroxyl groups is 1. The van der Waals surface area contributed by atoms with Crippen molar-refractivity contribution in [2.45, 2.75) is 56.6 Å². The van der Waals surface area contributed by atoms with Crippen LogP contribution in [0.15, 0.2) is 29.2 Å². The van der Waals surface area contributed by atoms with E-state index in [1.807, 2.05) is 6.92 Å². The fourth-order valence-electron chi connectivity index (χ4n) is 3.26. The zero-order valence-corrected chi connectivity index (χ0v) is 16.0. The molecule has 25 heavy (non-hydrogen) atoms. The average Bonchev–Trinajstić information content (AvgIpc) is 2.61. The van der Waals surface area contributed by atoms with Gasteiger partial charge in [-0.15, -0.1) is 0 Å². The number of nitrogens with zero attached hydrogens (tertiary/aromatic N) is 1. The van der Waals surface area contributed by atoms with Gasteiger partial charge in [-0.3, -0.25) is 4.79 Å².